The summed E-state index contributed by atoms with van der Waals surface area (Å²) in [4.78, 5) is 2.29. The molecule has 1 aromatic carbocycles. The van der Waals surface area contributed by atoms with Crippen LogP contribution in [0.25, 0.3) is 0 Å². The van der Waals surface area contributed by atoms with Gasteiger partial charge in [0.2, 0.25) is 0 Å². The lowest BCUT2D eigenvalue weighted by Gasteiger charge is -2.28. The Labute approximate surface area is 127 Å². The third-order valence-electron chi connectivity index (χ3n) is 4.42. The van der Waals surface area contributed by atoms with Crippen LogP contribution < -0.4 is 9.62 Å². The van der Waals surface area contributed by atoms with Gasteiger partial charge in [0.25, 0.3) is 10.2 Å². The highest BCUT2D eigenvalue weighted by Gasteiger charge is 2.27. The van der Waals surface area contributed by atoms with Crippen LogP contribution in [-0.2, 0) is 16.6 Å². The van der Waals surface area contributed by atoms with Crippen LogP contribution in [0.5, 0.6) is 0 Å². The van der Waals surface area contributed by atoms with E-state index in [9.17, 15) is 8.42 Å². The lowest BCUT2D eigenvalue weighted by molar-refractivity contribution is 0.461. The summed E-state index contributed by atoms with van der Waals surface area (Å²) in [7, 11) is -3.31. The first kappa shape index (κ1) is 14.8. The zero-order chi connectivity index (χ0) is 14.9. The minimum atomic E-state index is -3.31. The summed E-state index contributed by atoms with van der Waals surface area (Å²) >= 11 is 0. The van der Waals surface area contributed by atoms with Gasteiger partial charge in [-0.1, -0.05) is 18.2 Å². The molecule has 0 spiro atoms. The highest BCUT2D eigenvalue weighted by atomic mass is 32.2. The number of nitrogens with one attached hydrogen (secondary N) is 1. The molecular formula is C15H23N3O2S. The van der Waals surface area contributed by atoms with Crippen LogP contribution in [0.1, 0.15) is 25.3 Å². The number of benzene rings is 1. The van der Waals surface area contributed by atoms with Gasteiger partial charge in [0.15, 0.2) is 0 Å². The summed E-state index contributed by atoms with van der Waals surface area (Å²) in [5, 5.41) is 0. The fourth-order valence-electron chi connectivity index (χ4n) is 3.18. The van der Waals surface area contributed by atoms with Crippen molar-refractivity contribution in [1.82, 2.24) is 9.03 Å². The van der Waals surface area contributed by atoms with Crippen molar-refractivity contribution in [2.24, 2.45) is 0 Å². The Morgan fingerprint density at radius 3 is 2.67 bits per heavy atom. The highest BCUT2D eigenvalue weighted by Crippen LogP contribution is 2.29. The molecule has 21 heavy (non-hydrogen) atoms. The largest absolute Gasteiger partial charge is 0.367 e. The van der Waals surface area contributed by atoms with Crippen molar-refractivity contribution in [3.05, 3.63) is 29.8 Å². The molecule has 1 atom stereocenters. The molecule has 1 unspecified atom stereocenters. The highest BCUT2D eigenvalue weighted by molar-refractivity contribution is 7.87. The molecule has 5 nitrogen and oxygen atoms in total. The van der Waals surface area contributed by atoms with Gasteiger partial charge in [0.1, 0.15) is 0 Å². The van der Waals surface area contributed by atoms with Gasteiger partial charge in [-0.2, -0.15) is 12.7 Å². The van der Waals surface area contributed by atoms with E-state index >= 15 is 0 Å². The van der Waals surface area contributed by atoms with E-state index in [0.29, 0.717) is 19.6 Å². The molecule has 0 aromatic heterocycles. The summed E-state index contributed by atoms with van der Waals surface area (Å²) in [6.07, 6.45) is 2.98. The molecule has 3 rings (SSSR count). The molecule has 1 saturated heterocycles. The van der Waals surface area contributed by atoms with Crippen molar-refractivity contribution < 1.29 is 8.42 Å². The molecule has 0 aliphatic carbocycles. The normalized spacial score (nSPS) is 20.7. The van der Waals surface area contributed by atoms with Crippen LogP contribution in [0.4, 0.5) is 5.69 Å². The molecule has 1 N–H and O–H groups in total. The zero-order valence-corrected chi connectivity index (χ0v) is 13.3. The first-order valence-corrected chi connectivity index (χ1v) is 9.11. The van der Waals surface area contributed by atoms with Gasteiger partial charge in [0, 0.05) is 37.9 Å². The molecule has 2 heterocycles. The van der Waals surface area contributed by atoms with Gasteiger partial charge in [-0.3, -0.25) is 0 Å². The van der Waals surface area contributed by atoms with E-state index in [-0.39, 0.29) is 6.04 Å². The molecule has 1 fully saturated rings. The van der Waals surface area contributed by atoms with E-state index in [0.717, 1.165) is 25.8 Å². The average molecular weight is 309 g/mol. The van der Waals surface area contributed by atoms with Crippen LogP contribution in [0, 0.1) is 0 Å². The molecule has 116 valence electrons. The Morgan fingerprint density at radius 1 is 1.19 bits per heavy atom. The Kier molecular flexibility index (Phi) is 4.19. The smallest absolute Gasteiger partial charge is 0.279 e. The van der Waals surface area contributed by atoms with Crippen molar-refractivity contribution in [3.63, 3.8) is 0 Å². The van der Waals surface area contributed by atoms with Crippen molar-refractivity contribution >= 4 is 15.9 Å². The van der Waals surface area contributed by atoms with Crippen LogP contribution >= 0.6 is 0 Å². The maximum absolute atomic E-state index is 12.2. The molecule has 1 aromatic rings. The van der Waals surface area contributed by atoms with Gasteiger partial charge in [0.05, 0.1) is 0 Å². The molecule has 2 aliphatic heterocycles. The number of nitrogens with zero attached hydrogens (tertiary/aromatic N) is 2. The number of para-hydroxylation sites is 1. The molecule has 0 amide bonds. The lowest BCUT2D eigenvalue weighted by atomic mass is 10.2. The van der Waals surface area contributed by atoms with E-state index in [1.807, 2.05) is 6.07 Å². The summed E-state index contributed by atoms with van der Waals surface area (Å²) in [5.74, 6) is 0. The second-order valence-electron chi connectivity index (χ2n) is 5.88. The van der Waals surface area contributed by atoms with Crippen molar-refractivity contribution in [2.75, 3.05) is 31.1 Å². The predicted octanol–water partition coefficient (Wildman–Crippen LogP) is 1.37. The third kappa shape index (κ3) is 3.07. The minimum Gasteiger partial charge on any atom is -0.367 e. The number of hydrogen-bond donors (Lipinski definition) is 1. The summed E-state index contributed by atoms with van der Waals surface area (Å²) < 4.78 is 28.7. The van der Waals surface area contributed by atoms with Gasteiger partial charge in [-0.15, -0.1) is 0 Å². The van der Waals surface area contributed by atoms with Gasteiger partial charge in [-0.25, -0.2) is 4.72 Å². The average Bonchev–Trinajstić information content (AvgIpc) is 3.14. The van der Waals surface area contributed by atoms with Crippen molar-refractivity contribution in [1.29, 1.82) is 0 Å². The fourth-order valence-corrected chi connectivity index (χ4v) is 4.55. The zero-order valence-electron chi connectivity index (χ0n) is 12.5. The van der Waals surface area contributed by atoms with E-state index in [1.54, 1.807) is 4.31 Å². The van der Waals surface area contributed by atoms with E-state index in [4.69, 9.17) is 0 Å². The Balaban J connectivity index is 1.61. The topological polar surface area (TPSA) is 52.7 Å². The minimum absolute atomic E-state index is 0.158. The van der Waals surface area contributed by atoms with E-state index < -0.39 is 10.2 Å². The fraction of sp³-hybridized carbons (Fsp3) is 0.600. The Bertz CT molecular complexity index is 597. The molecular weight excluding hydrogens is 286 g/mol. The van der Waals surface area contributed by atoms with Crippen molar-refractivity contribution in [2.45, 2.75) is 32.2 Å². The van der Waals surface area contributed by atoms with Crippen molar-refractivity contribution in [3.8, 4) is 0 Å². The molecule has 0 bridgehead atoms. The quantitative estimate of drug-likeness (QED) is 0.894. The Morgan fingerprint density at radius 2 is 1.90 bits per heavy atom. The van der Waals surface area contributed by atoms with Crippen LogP contribution in [0.2, 0.25) is 0 Å². The number of anilines is 1. The van der Waals surface area contributed by atoms with Crippen LogP contribution in [0.15, 0.2) is 24.3 Å². The maximum Gasteiger partial charge on any atom is 0.279 e. The van der Waals surface area contributed by atoms with Gasteiger partial charge < -0.3 is 4.90 Å². The number of hydrogen-bond acceptors (Lipinski definition) is 3. The van der Waals surface area contributed by atoms with E-state index in [1.165, 1.54) is 11.3 Å². The number of fused-ring (bicyclic) bond motifs is 1. The SMILES string of the molecule is CC(CNS(=O)(=O)N1CCCC1)N1CCc2ccccc21. The van der Waals surface area contributed by atoms with Gasteiger partial charge in [-0.05, 0) is 37.8 Å². The lowest BCUT2D eigenvalue weighted by Crippen LogP contribution is -2.46. The first-order valence-electron chi connectivity index (χ1n) is 7.67. The molecule has 0 radical (unpaired) electrons. The monoisotopic (exact) mass is 309 g/mol. The summed E-state index contributed by atoms with van der Waals surface area (Å²) in [6.45, 7) is 4.79. The molecule has 6 heteroatoms. The Hall–Kier alpha value is -1.11. The molecule has 2 aliphatic rings. The van der Waals surface area contributed by atoms with E-state index in [2.05, 4.69) is 34.7 Å². The van der Waals surface area contributed by atoms with Gasteiger partial charge >= 0.3 is 0 Å². The first-order chi connectivity index (χ1) is 10.1. The second kappa shape index (κ2) is 5.94. The van der Waals surface area contributed by atoms with Crippen LogP contribution in [-0.4, -0.2) is 44.9 Å². The summed E-state index contributed by atoms with van der Waals surface area (Å²) in [5.41, 5.74) is 2.59. The maximum atomic E-state index is 12.2. The summed E-state index contributed by atoms with van der Waals surface area (Å²) in [6, 6.07) is 8.53. The predicted molar refractivity (Wildman–Crippen MR) is 84.7 cm³/mol. The second-order valence-corrected chi connectivity index (χ2v) is 7.64. The molecule has 0 saturated carbocycles. The van der Waals surface area contributed by atoms with Crippen LogP contribution in [0.3, 0.4) is 0 Å². The third-order valence-corrected chi connectivity index (χ3v) is 6.00. The standard InChI is InChI=1S/C15H23N3O2S/c1-13(12-16-21(19,20)17-9-4-5-10-17)18-11-8-14-6-2-3-7-15(14)18/h2-3,6-7,13,16H,4-5,8-12H2,1H3. The number of rotatable bonds is 5.